The molecule has 0 aliphatic rings. The Balaban J connectivity index is 2.74. The van der Waals surface area contributed by atoms with Crippen LogP contribution in [0.2, 0.25) is 0 Å². The van der Waals surface area contributed by atoms with Gasteiger partial charge in [0.2, 0.25) is 10.0 Å². The molecule has 1 aromatic rings. The molecule has 0 bridgehead atoms. The van der Waals surface area contributed by atoms with Gasteiger partial charge in [0.05, 0.1) is 6.61 Å². The number of carbonyl (C=O) groups excluding carboxylic acids is 1. The van der Waals surface area contributed by atoms with E-state index >= 15 is 0 Å². The van der Waals surface area contributed by atoms with E-state index in [1.165, 1.54) is 0 Å². The van der Waals surface area contributed by atoms with Gasteiger partial charge in [-0.1, -0.05) is 0 Å². The summed E-state index contributed by atoms with van der Waals surface area (Å²) in [5.41, 5.74) is 1.45. The predicted molar refractivity (Wildman–Crippen MR) is 62.1 cm³/mol. The maximum atomic E-state index is 11.6. The van der Waals surface area contributed by atoms with Crippen molar-refractivity contribution in [2.24, 2.45) is 0 Å². The van der Waals surface area contributed by atoms with Crippen molar-refractivity contribution >= 4 is 21.8 Å². The molecule has 0 spiro atoms. The molecule has 0 saturated carbocycles. The van der Waals surface area contributed by atoms with Crippen LogP contribution in [0.3, 0.4) is 0 Å². The Hall–Kier alpha value is -1.57. The standard InChI is InChI=1S/C9H15N3O4S/c1-4-16-8(13)5-17(14,15)12-9-6(2)7(3)10-11-9/h4-5H2,1-3H3,(H2,10,11,12). The monoisotopic (exact) mass is 261 g/mol. The van der Waals surface area contributed by atoms with E-state index in [9.17, 15) is 13.2 Å². The van der Waals surface area contributed by atoms with Crippen molar-refractivity contribution in [2.75, 3.05) is 17.1 Å². The quantitative estimate of drug-likeness (QED) is 0.744. The van der Waals surface area contributed by atoms with Crippen LogP contribution >= 0.6 is 0 Å². The molecule has 2 N–H and O–H groups in total. The van der Waals surface area contributed by atoms with Crippen LogP contribution in [0.4, 0.5) is 5.82 Å². The average Bonchev–Trinajstić information content (AvgIpc) is 2.48. The molecule has 1 rings (SSSR count). The van der Waals surface area contributed by atoms with Crippen LogP contribution < -0.4 is 4.72 Å². The number of nitrogens with zero attached hydrogens (tertiary/aromatic N) is 1. The maximum absolute atomic E-state index is 11.6. The zero-order chi connectivity index (χ0) is 13.1. The van der Waals surface area contributed by atoms with Crippen molar-refractivity contribution in [3.8, 4) is 0 Å². The van der Waals surface area contributed by atoms with Crippen LogP contribution in [0.1, 0.15) is 18.2 Å². The predicted octanol–water partition coefficient (Wildman–Crippen LogP) is 0.331. The Morgan fingerprint density at radius 2 is 2.12 bits per heavy atom. The lowest BCUT2D eigenvalue weighted by Gasteiger charge is -2.05. The summed E-state index contributed by atoms with van der Waals surface area (Å²) in [7, 11) is -3.77. The minimum atomic E-state index is -3.77. The maximum Gasteiger partial charge on any atom is 0.323 e. The molecule has 0 unspecified atom stereocenters. The fraction of sp³-hybridized carbons (Fsp3) is 0.556. The molecular weight excluding hydrogens is 246 g/mol. The molecular formula is C9H15N3O4S. The molecule has 0 aliphatic heterocycles. The van der Waals surface area contributed by atoms with Gasteiger partial charge in [-0.2, -0.15) is 5.10 Å². The van der Waals surface area contributed by atoms with E-state index in [2.05, 4.69) is 19.7 Å². The van der Waals surface area contributed by atoms with Gasteiger partial charge in [-0.05, 0) is 20.8 Å². The molecule has 0 aliphatic carbocycles. The summed E-state index contributed by atoms with van der Waals surface area (Å²) >= 11 is 0. The molecule has 1 heterocycles. The Morgan fingerprint density at radius 1 is 1.47 bits per heavy atom. The molecule has 96 valence electrons. The van der Waals surface area contributed by atoms with Crippen molar-refractivity contribution in [2.45, 2.75) is 20.8 Å². The van der Waals surface area contributed by atoms with Gasteiger partial charge in [0.25, 0.3) is 0 Å². The van der Waals surface area contributed by atoms with Crippen molar-refractivity contribution < 1.29 is 17.9 Å². The number of H-pyrrole nitrogens is 1. The van der Waals surface area contributed by atoms with Crippen LogP contribution in [-0.2, 0) is 19.6 Å². The minimum absolute atomic E-state index is 0.148. The Bertz CT molecular complexity index is 506. The first-order valence-corrected chi connectivity index (χ1v) is 6.68. The second kappa shape index (κ2) is 5.17. The Labute approximate surface area is 99.6 Å². The van der Waals surface area contributed by atoms with E-state index in [4.69, 9.17) is 0 Å². The second-order valence-corrected chi connectivity index (χ2v) is 5.21. The van der Waals surface area contributed by atoms with Gasteiger partial charge in [0, 0.05) is 11.3 Å². The van der Waals surface area contributed by atoms with Gasteiger partial charge in [0.1, 0.15) is 0 Å². The first-order valence-electron chi connectivity index (χ1n) is 5.03. The fourth-order valence-corrected chi connectivity index (χ4v) is 2.08. The van der Waals surface area contributed by atoms with E-state index in [0.29, 0.717) is 5.56 Å². The Kier molecular flexibility index (Phi) is 4.11. The van der Waals surface area contributed by atoms with Gasteiger partial charge < -0.3 is 4.74 Å². The number of nitrogens with one attached hydrogen (secondary N) is 2. The lowest BCUT2D eigenvalue weighted by atomic mass is 10.3. The third-order valence-corrected chi connectivity index (χ3v) is 3.24. The second-order valence-electron chi connectivity index (χ2n) is 3.49. The van der Waals surface area contributed by atoms with Crippen molar-refractivity contribution in [3.63, 3.8) is 0 Å². The molecule has 7 nitrogen and oxygen atoms in total. The zero-order valence-electron chi connectivity index (χ0n) is 9.90. The summed E-state index contributed by atoms with van der Waals surface area (Å²) in [5, 5.41) is 6.43. The number of sulfonamides is 1. The number of aromatic nitrogens is 2. The highest BCUT2D eigenvalue weighted by Crippen LogP contribution is 2.15. The number of hydrogen-bond donors (Lipinski definition) is 2. The molecule has 0 saturated heterocycles. The number of aromatic amines is 1. The lowest BCUT2D eigenvalue weighted by molar-refractivity contribution is -0.139. The van der Waals surface area contributed by atoms with Gasteiger partial charge >= 0.3 is 5.97 Å². The number of hydrogen-bond acceptors (Lipinski definition) is 5. The van der Waals surface area contributed by atoms with Gasteiger partial charge in [0.15, 0.2) is 11.6 Å². The number of rotatable bonds is 5. The molecule has 0 fully saturated rings. The van der Waals surface area contributed by atoms with Gasteiger partial charge in [-0.3, -0.25) is 14.6 Å². The third-order valence-electron chi connectivity index (χ3n) is 2.12. The first-order chi connectivity index (χ1) is 7.85. The lowest BCUT2D eigenvalue weighted by Crippen LogP contribution is -2.24. The highest BCUT2D eigenvalue weighted by molar-refractivity contribution is 7.93. The molecule has 1 aromatic heterocycles. The largest absolute Gasteiger partial charge is 0.465 e. The van der Waals surface area contributed by atoms with Crippen LogP contribution in [0.15, 0.2) is 0 Å². The van der Waals surface area contributed by atoms with Crippen molar-refractivity contribution in [1.29, 1.82) is 0 Å². The normalized spacial score (nSPS) is 11.2. The summed E-state index contributed by atoms with van der Waals surface area (Å²) in [6.45, 7) is 5.25. The number of ether oxygens (including phenoxy) is 1. The number of anilines is 1. The molecule has 17 heavy (non-hydrogen) atoms. The highest BCUT2D eigenvalue weighted by atomic mass is 32.2. The molecule has 0 aromatic carbocycles. The molecule has 0 radical (unpaired) electrons. The topological polar surface area (TPSA) is 101 Å². The fourth-order valence-electron chi connectivity index (χ4n) is 1.13. The molecule has 8 heteroatoms. The van der Waals surface area contributed by atoms with E-state index in [1.807, 2.05) is 0 Å². The van der Waals surface area contributed by atoms with Crippen molar-refractivity contribution in [1.82, 2.24) is 10.2 Å². The SMILES string of the molecule is CCOC(=O)CS(=O)(=O)Nc1n[nH]c(C)c1C. The van der Waals surface area contributed by atoms with E-state index < -0.39 is 21.7 Å². The van der Waals surface area contributed by atoms with Crippen LogP contribution in [-0.4, -0.2) is 36.9 Å². The summed E-state index contributed by atoms with van der Waals surface area (Å²) in [6, 6.07) is 0. The number of aryl methyl sites for hydroxylation is 1. The smallest absolute Gasteiger partial charge is 0.323 e. The van der Waals surface area contributed by atoms with Crippen LogP contribution in [0.5, 0.6) is 0 Å². The average molecular weight is 261 g/mol. The summed E-state index contributed by atoms with van der Waals surface area (Å²) in [5.74, 6) is -1.30. The minimum Gasteiger partial charge on any atom is -0.465 e. The number of carbonyl (C=O) groups is 1. The Morgan fingerprint density at radius 3 is 2.59 bits per heavy atom. The third kappa shape index (κ3) is 3.74. The van der Waals surface area contributed by atoms with Crippen molar-refractivity contribution in [3.05, 3.63) is 11.3 Å². The zero-order valence-corrected chi connectivity index (χ0v) is 10.7. The van der Waals surface area contributed by atoms with E-state index in [-0.39, 0.29) is 12.4 Å². The molecule has 0 atom stereocenters. The van der Waals surface area contributed by atoms with E-state index in [0.717, 1.165) is 5.69 Å². The van der Waals surface area contributed by atoms with Gasteiger partial charge in [-0.25, -0.2) is 8.42 Å². The van der Waals surface area contributed by atoms with E-state index in [1.54, 1.807) is 20.8 Å². The molecule has 0 amide bonds. The van der Waals surface area contributed by atoms with Crippen LogP contribution in [0, 0.1) is 13.8 Å². The summed E-state index contributed by atoms with van der Waals surface area (Å²) in [4.78, 5) is 11.1. The highest BCUT2D eigenvalue weighted by Gasteiger charge is 2.19. The summed E-state index contributed by atoms with van der Waals surface area (Å²) in [6.07, 6.45) is 0. The number of esters is 1. The first kappa shape index (κ1) is 13.5. The van der Waals surface area contributed by atoms with Gasteiger partial charge in [-0.15, -0.1) is 0 Å². The van der Waals surface area contributed by atoms with Crippen LogP contribution in [0.25, 0.3) is 0 Å². The summed E-state index contributed by atoms with van der Waals surface area (Å²) < 4.78 is 30.0.